The van der Waals surface area contributed by atoms with Crippen LogP contribution in [0.3, 0.4) is 0 Å². The van der Waals surface area contributed by atoms with Crippen molar-refractivity contribution in [2.24, 2.45) is 11.8 Å². The van der Waals surface area contributed by atoms with Crippen molar-refractivity contribution >= 4 is 11.6 Å². The minimum Gasteiger partial charge on any atom is -0.490 e. The molecule has 0 amide bonds. The predicted molar refractivity (Wildman–Crippen MR) is 80.7 cm³/mol. The van der Waals surface area contributed by atoms with Gasteiger partial charge in [-0.1, -0.05) is 11.6 Å². The summed E-state index contributed by atoms with van der Waals surface area (Å²) in [5.41, 5.74) is 0. The van der Waals surface area contributed by atoms with Crippen LogP contribution in [0.25, 0.3) is 0 Å². The molecule has 1 unspecified atom stereocenters. The van der Waals surface area contributed by atoms with Crippen LogP contribution in [0.1, 0.15) is 26.2 Å². The topological polar surface area (TPSA) is 30.5 Å². The molecule has 1 aromatic carbocycles. The molecule has 2 fully saturated rings. The van der Waals surface area contributed by atoms with Gasteiger partial charge in [-0.05, 0) is 50.8 Å². The van der Waals surface area contributed by atoms with Gasteiger partial charge in [0.2, 0.25) is 0 Å². The first-order valence-electron chi connectivity index (χ1n) is 7.57. The van der Waals surface area contributed by atoms with Gasteiger partial charge in [-0.25, -0.2) is 0 Å². The molecule has 2 aliphatic rings. The van der Waals surface area contributed by atoms with Gasteiger partial charge < -0.3 is 14.8 Å². The summed E-state index contributed by atoms with van der Waals surface area (Å²) in [5.74, 6) is 2.93. The molecule has 3 rings (SSSR count). The van der Waals surface area contributed by atoms with Gasteiger partial charge >= 0.3 is 0 Å². The predicted octanol–water partition coefficient (Wildman–Crippen LogP) is 3.51. The molecule has 3 nitrogen and oxygen atoms in total. The zero-order valence-electron chi connectivity index (χ0n) is 11.9. The average molecular weight is 296 g/mol. The average Bonchev–Trinajstić information content (AvgIpc) is 3.13. The fraction of sp³-hybridized carbons (Fsp3) is 0.625. The third-order valence-corrected chi connectivity index (χ3v) is 4.35. The molecule has 110 valence electrons. The smallest absolute Gasteiger partial charge is 0.162 e. The summed E-state index contributed by atoms with van der Waals surface area (Å²) < 4.78 is 12.0. The molecule has 1 heterocycles. The number of halogens is 1. The van der Waals surface area contributed by atoms with Crippen LogP contribution in [0.15, 0.2) is 18.2 Å². The van der Waals surface area contributed by atoms with E-state index in [9.17, 15) is 0 Å². The van der Waals surface area contributed by atoms with Gasteiger partial charge in [-0.2, -0.15) is 0 Å². The number of rotatable bonds is 6. The van der Waals surface area contributed by atoms with Crippen molar-refractivity contribution in [3.63, 3.8) is 0 Å². The highest BCUT2D eigenvalue weighted by Crippen LogP contribution is 2.41. The quantitative estimate of drug-likeness (QED) is 0.871. The van der Waals surface area contributed by atoms with E-state index in [0.717, 1.165) is 24.6 Å². The molecule has 1 saturated heterocycles. The summed E-state index contributed by atoms with van der Waals surface area (Å²) in [4.78, 5) is 0. The summed E-state index contributed by atoms with van der Waals surface area (Å²) in [5, 5.41) is 4.12. The van der Waals surface area contributed by atoms with Gasteiger partial charge in [-0.3, -0.25) is 0 Å². The lowest BCUT2D eigenvalue weighted by molar-refractivity contribution is 0.115. The fourth-order valence-electron chi connectivity index (χ4n) is 2.95. The maximum Gasteiger partial charge on any atom is 0.162 e. The molecule has 4 heteroatoms. The SMILES string of the molecule is CCOc1cc(Cl)ccc1OC(C1CC1)[C@H]1CCNC1. The maximum atomic E-state index is 6.34. The molecule has 0 radical (unpaired) electrons. The van der Waals surface area contributed by atoms with Crippen LogP contribution in [0.2, 0.25) is 5.02 Å². The van der Waals surface area contributed by atoms with E-state index in [4.69, 9.17) is 21.1 Å². The lowest BCUT2D eigenvalue weighted by atomic mass is 9.97. The van der Waals surface area contributed by atoms with Crippen molar-refractivity contribution in [2.75, 3.05) is 19.7 Å². The van der Waals surface area contributed by atoms with Crippen LogP contribution in [0, 0.1) is 11.8 Å². The highest BCUT2D eigenvalue weighted by molar-refractivity contribution is 6.30. The number of hydrogen-bond donors (Lipinski definition) is 1. The summed E-state index contributed by atoms with van der Waals surface area (Å²) in [7, 11) is 0. The van der Waals surface area contributed by atoms with Gasteiger partial charge in [0.25, 0.3) is 0 Å². The number of benzene rings is 1. The van der Waals surface area contributed by atoms with Crippen LogP contribution in [-0.2, 0) is 0 Å². The van der Waals surface area contributed by atoms with Crippen LogP contribution >= 0.6 is 11.6 Å². The summed E-state index contributed by atoms with van der Waals surface area (Å²) in [6.07, 6.45) is 4.10. The van der Waals surface area contributed by atoms with Crippen LogP contribution in [-0.4, -0.2) is 25.8 Å². The molecule has 1 saturated carbocycles. The van der Waals surface area contributed by atoms with Crippen molar-refractivity contribution in [3.05, 3.63) is 23.2 Å². The van der Waals surface area contributed by atoms with Crippen molar-refractivity contribution < 1.29 is 9.47 Å². The highest BCUT2D eigenvalue weighted by atomic mass is 35.5. The largest absolute Gasteiger partial charge is 0.490 e. The molecule has 0 bridgehead atoms. The normalized spacial score (nSPS) is 23.6. The summed E-state index contributed by atoms with van der Waals surface area (Å²) in [6.45, 7) is 4.77. The minimum atomic E-state index is 0.311. The van der Waals surface area contributed by atoms with Gasteiger partial charge in [0.15, 0.2) is 11.5 Å². The summed E-state index contributed by atoms with van der Waals surface area (Å²) in [6, 6.07) is 5.65. The highest BCUT2D eigenvalue weighted by Gasteiger charge is 2.39. The molecule has 1 N–H and O–H groups in total. The van der Waals surface area contributed by atoms with E-state index in [-0.39, 0.29) is 0 Å². The van der Waals surface area contributed by atoms with E-state index in [1.165, 1.54) is 19.3 Å². The van der Waals surface area contributed by atoms with Gasteiger partial charge in [-0.15, -0.1) is 0 Å². The number of nitrogens with one attached hydrogen (secondary N) is 1. The number of ether oxygens (including phenoxy) is 2. The Labute approximate surface area is 125 Å². The Hall–Kier alpha value is -0.930. The Balaban J connectivity index is 1.77. The van der Waals surface area contributed by atoms with Gasteiger partial charge in [0.05, 0.1) is 6.61 Å². The lowest BCUT2D eigenvalue weighted by Gasteiger charge is -2.25. The van der Waals surface area contributed by atoms with Gasteiger partial charge in [0, 0.05) is 23.6 Å². The third kappa shape index (κ3) is 3.21. The molecular formula is C16H22ClNO2. The van der Waals surface area contributed by atoms with Crippen LogP contribution in [0.5, 0.6) is 11.5 Å². The van der Waals surface area contributed by atoms with Crippen molar-refractivity contribution in [1.29, 1.82) is 0 Å². The molecule has 1 aromatic rings. The molecule has 20 heavy (non-hydrogen) atoms. The van der Waals surface area contributed by atoms with E-state index >= 15 is 0 Å². The zero-order chi connectivity index (χ0) is 13.9. The Bertz CT molecular complexity index is 456. The first-order chi connectivity index (χ1) is 9.78. The molecule has 0 aromatic heterocycles. The number of hydrogen-bond acceptors (Lipinski definition) is 3. The Morgan fingerprint density at radius 1 is 1.25 bits per heavy atom. The van der Waals surface area contributed by atoms with E-state index in [0.29, 0.717) is 29.6 Å². The maximum absolute atomic E-state index is 6.34. The second kappa shape index (κ2) is 6.23. The van der Waals surface area contributed by atoms with Crippen molar-refractivity contribution in [1.82, 2.24) is 5.32 Å². The van der Waals surface area contributed by atoms with Crippen LogP contribution < -0.4 is 14.8 Å². The molecule has 2 atom stereocenters. The van der Waals surface area contributed by atoms with Gasteiger partial charge in [0.1, 0.15) is 6.10 Å². The second-order valence-corrected chi connectivity index (χ2v) is 6.13. The van der Waals surface area contributed by atoms with Crippen LogP contribution in [0.4, 0.5) is 0 Å². The van der Waals surface area contributed by atoms with E-state index < -0.39 is 0 Å². The first-order valence-corrected chi connectivity index (χ1v) is 7.95. The van der Waals surface area contributed by atoms with Crippen molar-refractivity contribution in [2.45, 2.75) is 32.3 Å². The molecule has 1 aliphatic heterocycles. The molecule has 0 spiro atoms. The third-order valence-electron chi connectivity index (χ3n) is 4.12. The zero-order valence-corrected chi connectivity index (χ0v) is 12.7. The molecule has 1 aliphatic carbocycles. The van der Waals surface area contributed by atoms with E-state index in [2.05, 4.69) is 5.32 Å². The monoisotopic (exact) mass is 295 g/mol. The Kier molecular flexibility index (Phi) is 4.37. The summed E-state index contributed by atoms with van der Waals surface area (Å²) >= 11 is 6.05. The van der Waals surface area contributed by atoms with E-state index in [1.807, 2.05) is 25.1 Å². The Morgan fingerprint density at radius 3 is 2.75 bits per heavy atom. The van der Waals surface area contributed by atoms with Crippen molar-refractivity contribution in [3.8, 4) is 11.5 Å². The second-order valence-electron chi connectivity index (χ2n) is 5.70. The standard InChI is InChI=1S/C16H22ClNO2/c1-2-19-15-9-13(17)5-6-14(15)20-16(11-3-4-11)12-7-8-18-10-12/h5-6,9,11-12,16,18H,2-4,7-8,10H2,1H3/t12-,16?/m0/s1. The lowest BCUT2D eigenvalue weighted by Crippen LogP contribution is -2.31. The Morgan fingerprint density at radius 2 is 2.10 bits per heavy atom. The molecular weight excluding hydrogens is 274 g/mol. The van der Waals surface area contributed by atoms with E-state index in [1.54, 1.807) is 0 Å². The minimum absolute atomic E-state index is 0.311. The first kappa shape index (κ1) is 14.0. The fourth-order valence-corrected chi connectivity index (χ4v) is 3.12.